The zero-order valence-corrected chi connectivity index (χ0v) is 24.2. The maximum absolute atomic E-state index is 15.0. The van der Waals surface area contributed by atoms with Gasteiger partial charge >= 0.3 is 6.09 Å². The minimum Gasteiger partial charge on any atom is -0.491 e. The molecule has 0 saturated heterocycles. The van der Waals surface area contributed by atoms with E-state index in [2.05, 4.69) is 27.3 Å². The number of carbonyl (C=O) groups excluding carboxylic acids is 1. The first kappa shape index (κ1) is 29.2. The number of fused-ring (bicyclic) bond motifs is 1. The lowest BCUT2D eigenvalue weighted by Crippen LogP contribution is -2.55. The van der Waals surface area contributed by atoms with Crippen molar-refractivity contribution in [3.63, 3.8) is 0 Å². The molecule has 222 valence electrons. The largest absolute Gasteiger partial charge is 0.491 e. The molecule has 1 aliphatic carbocycles. The molecule has 1 saturated carbocycles. The number of nitrogens with zero attached hydrogens (tertiary/aromatic N) is 5. The third-order valence-corrected chi connectivity index (χ3v) is 7.71. The van der Waals surface area contributed by atoms with E-state index in [1.54, 1.807) is 56.5 Å². The van der Waals surface area contributed by atoms with Gasteiger partial charge in [0.15, 0.2) is 0 Å². The fraction of sp³-hybridized carbons (Fsp3) is 0.400. The van der Waals surface area contributed by atoms with E-state index in [0.717, 1.165) is 24.1 Å². The Morgan fingerprint density at radius 1 is 1.17 bits per heavy atom. The Bertz CT molecular complexity index is 1560. The summed E-state index contributed by atoms with van der Waals surface area (Å²) in [5.41, 5.74) is 8.79. The third-order valence-electron chi connectivity index (χ3n) is 7.71. The van der Waals surface area contributed by atoms with Gasteiger partial charge in [0.2, 0.25) is 5.95 Å². The van der Waals surface area contributed by atoms with E-state index in [4.69, 9.17) is 15.2 Å². The number of methoxy groups -OCH3 is 1. The van der Waals surface area contributed by atoms with E-state index in [1.165, 1.54) is 11.6 Å². The Hall–Kier alpha value is -4.32. The van der Waals surface area contributed by atoms with Crippen LogP contribution >= 0.6 is 0 Å². The number of amides is 1. The first-order valence-corrected chi connectivity index (χ1v) is 13.9. The number of carbonyl (C=O) groups is 1. The predicted octanol–water partition coefficient (Wildman–Crippen LogP) is 5.51. The topological polar surface area (TPSA) is 120 Å². The Labute approximate surface area is 242 Å². The molecule has 1 fully saturated rings. The summed E-state index contributed by atoms with van der Waals surface area (Å²) in [7, 11) is 3.07. The lowest BCUT2D eigenvalue weighted by molar-refractivity contribution is 0.0778. The second-order valence-electron chi connectivity index (χ2n) is 11.0. The molecule has 0 aliphatic heterocycles. The molecule has 42 heavy (non-hydrogen) atoms. The molecule has 4 aromatic rings. The Morgan fingerprint density at radius 2 is 1.90 bits per heavy atom. The summed E-state index contributed by atoms with van der Waals surface area (Å²) in [5, 5.41) is 7.83. The number of likely N-dealkylation sites (N-methyl/N-ethyl adjacent to an activating group) is 1. The van der Waals surface area contributed by atoms with Gasteiger partial charge in [-0.05, 0) is 62.3 Å². The summed E-state index contributed by atoms with van der Waals surface area (Å²) in [5.74, 6) is -0.881. The van der Waals surface area contributed by atoms with Crippen LogP contribution in [0.5, 0.6) is 5.75 Å². The van der Waals surface area contributed by atoms with Crippen LogP contribution in [0.25, 0.3) is 16.8 Å². The van der Waals surface area contributed by atoms with E-state index in [9.17, 15) is 4.79 Å². The number of nitrogens with two attached hydrogens (primary N) is 1. The highest BCUT2D eigenvalue weighted by Crippen LogP contribution is 2.40. The van der Waals surface area contributed by atoms with Gasteiger partial charge in [0, 0.05) is 31.4 Å². The second kappa shape index (κ2) is 11.9. The van der Waals surface area contributed by atoms with Crippen molar-refractivity contribution in [2.45, 2.75) is 57.7 Å². The molecule has 3 heterocycles. The molecule has 10 nitrogen and oxygen atoms in total. The Kier molecular flexibility index (Phi) is 8.26. The highest BCUT2D eigenvalue weighted by molar-refractivity contribution is 5.68. The summed E-state index contributed by atoms with van der Waals surface area (Å²) in [6.07, 6.45) is 5.85. The molecule has 5 rings (SSSR count). The molecule has 1 aromatic carbocycles. The third kappa shape index (κ3) is 5.71. The molecule has 12 heteroatoms. The highest BCUT2D eigenvalue weighted by Gasteiger charge is 2.39. The maximum atomic E-state index is 15.0. The lowest BCUT2D eigenvalue weighted by Gasteiger charge is -2.43. The smallest absolute Gasteiger partial charge is 0.409 e. The summed E-state index contributed by atoms with van der Waals surface area (Å²) in [4.78, 5) is 22.5. The van der Waals surface area contributed by atoms with E-state index in [-0.39, 0.29) is 47.0 Å². The molecule has 4 atom stereocenters. The van der Waals surface area contributed by atoms with Crippen molar-refractivity contribution in [2.24, 2.45) is 11.7 Å². The average molecular weight is 580 g/mol. The van der Waals surface area contributed by atoms with Crippen molar-refractivity contribution in [1.29, 1.82) is 0 Å². The molecular weight excluding hydrogens is 544 g/mol. The van der Waals surface area contributed by atoms with Crippen molar-refractivity contribution in [1.82, 2.24) is 24.5 Å². The number of hydrogen-bond donors (Lipinski definition) is 2. The number of imidazole rings is 1. The van der Waals surface area contributed by atoms with Crippen molar-refractivity contribution in [3.05, 3.63) is 66.1 Å². The van der Waals surface area contributed by atoms with Crippen LogP contribution in [-0.4, -0.2) is 62.9 Å². The summed E-state index contributed by atoms with van der Waals surface area (Å²) < 4.78 is 41.9. The minimum absolute atomic E-state index is 0.0901. The molecule has 1 amide bonds. The van der Waals surface area contributed by atoms with Crippen molar-refractivity contribution >= 4 is 23.2 Å². The number of rotatable bonds is 7. The molecule has 1 aliphatic rings. The summed E-state index contributed by atoms with van der Waals surface area (Å²) in [6.45, 7) is 5.64. The Balaban J connectivity index is 1.43. The first-order valence-electron chi connectivity index (χ1n) is 13.9. The van der Waals surface area contributed by atoms with E-state index in [0.29, 0.717) is 23.6 Å². The second-order valence-corrected chi connectivity index (χ2v) is 11.0. The van der Waals surface area contributed by atoms with Crippen molar-refractivity contribution in [3.8, 4) is 17.0 Å². The van der Waals surface area contributed by atoms with Crippen LogP contribution in [0.1, 0.15) is 45.1 Å². The fourth-order valence-electron chi connectivity index (χ4n) is 5.99. The van der Waals surface area contributed by atoms with Gasteiger partial charge in [-0.3, -0.25) is 4.98 Å². The zero-order chi connectivity index (χ0) is 30.1. The molecule has 0 bridgehead atoms. The van der Waals surface area contributed by atoms with Crippen LogP contribution in [-0.2, 0) is 4.74 Å². The maximum Gasteiger partial charge on any atom is 0.409 e. The number of halogens is 2. The number of benzene rings is 1. The van der Waals surface area contributed by atoms with Gasteiger partial charge in [-0.15, -0.1) is 0 Å². The number of hydrogen-bond acceptors (Lipinski definition) is 8. The molecule has 0 spiro atoms. The molecular formula is C30H35F2N7O3. The van der Waals surface area contributed by atoms with Crippen molar-refractivity contribution in [2.75, 3.05) is 19.5 Å². The van der Waals surface area contributed by atoms with E-state index >= 15 is 8.78 Å². The lowest BCUT2D eigenvalue weighted by atomic mass is 9.73. The number of aromatic nitrogens is 4. The van der Waals surface area contributed by atoms with Crippen LogP contribution in [0.2, 0.25) is 0 Å². The van der Waals surface area contributed by atoms with Crippen LogP contribution in [0, 0.1) is 17.6 Å². The summed E-state index contributed by atoms with van der Waals surface area (Å²) >= 11 is 0. The monoisotopic (exact) mass is 579 g/mol. The van der Waals surface area contributed by atoms with Crippen LogP contribution in [0.4, 0.5) is 25.2 Å². The van der Waals surface area contributed by atoms with Crippen LogP contribution in [0.3, 0.4) is 0 Å². The standard InChI is InChI=1S/C30H35F2N7O3/c1-16(2)42-20-12-22(31)27(23(32)13-20)25-7-6-19-14-35-29(39(19)37-25)36-26-15-34-9-8-21(26)18-10-17(3)28(24(33)11-18)38(4)30(40)41-5/h6-9,12-18,24,28H,10-11,33H2,1-5H3,(H,35,36). The molecule has 3 aromatic heterocycles. The Morgan fingerprint density at radius 3 is 2.57 bits per heavy atom. The van der Waals surface area contributed by atoms with Crippen LogP contribution < -0.4 is 15.8 Å². The predicted molar refractivity (Wildman–Crippen MR) is 155 cm³/mol. The van der Waals surface area contributed by atoms with E-state index in [1.807, 2.05) is 6.07 Å². The van der Waals surface area contributed by atoms with Crippen molar-refractivity contribution < 1.29 is 23.0 Å². The van der Waals surface area contributed by atoms with E-state index < -0.39 is 17.7 Å². The number of anilines is 2. The van der Waals surface area contributed by atoms with Gasteiger partial charge in [0.05, 0.1) is 54.1 Å². The average Bonchev–Trinajstić information content (AvgIpc) is 3.33. The van der Waals surface area contributed by atoms with Gasteiger partial charge < -0.3 is 25.4 Å². The highest BCUT2D eigenvalue weighted by atomic mass is 19.1. The quantitative estimate of drug-likeness (QED) is 0.294. The number of nitrogens with one attached hydrogen (secondary N) is 1. The summed E-state index contributed by atoms with van der Waals surface area (Å²) in [6, 6.07) is 7.08. The fourth-order valence-corrected chi connectivity index (χ4v) is 5.99. The number of pyridine rings is 1. The normalized spacial score (nSPS) is 20.5. The van der Waals surface area contributed by atoms with Gasteiger partial charge in [0.25, 0.3) is 0 Å². The van der Waals surface area contributed by atoms with Gasteiger partial charge in [-0.1, -0.05) is 6.92 Å². The zero-order valence-electron chi connectivity index (χ0n) is 24.2. The molecule has 3 N–H and O–H groups in total. The number of ether oxygens (including phenoxy) is 2. The molecule has 4 unspecified atom stereocenters. The van der Waals surface area contributed by atoms with Gasteiger partial charge in [0.1, 0.15) is 17.4 Å². The first-order chi connectivity index (χ1) is 20.1. The minimum atomic E-state index is -0.777. The molecule has 0 radical (unpaired) electrons. The SMILES string of the molecule is COC(=O)N(C)C1C(C)CC(c2ccncc2Nc2ncc3ccc(-c4c(F)cc(OC(C)C)cc4F)nn23)CC1N. The van der Waals surface area contributed by atoms with Gasteiger partial charge in [-0.25, -0.2) is 18.6 Å². The van der Waals surface area contributed by atoms with Gasteiger partial charge in [-0.2, -0.15) is 9.61 Å². The van der Waals surface area contributed by atoms with Crippen LogP contribution in [0.15, 0.2) is 48.9 Å².